The van der Waals surface area contributed by atoms with Crippen LogP contribution in [0.1, 0.15) is 24.2 Å². The Morgan fingerprint density at radius 3 is 2.50 bits per heavy atom. The Morgan fingerprint density at radius 1 is 1.21 bits per heavy atom. The van der Waals surface area contributed by atoms with Gasteiger partial charge in [0.1, 0.15) is 0 Å². The molecule has 1 aromatic heterocycles. The summed E-state index contributed by atoms with van der Waals surface area (Å²) in [4.78, 5) is 21.9. The molecule has 0 saturated carbocycles. The zero-order chi connectivity index (χ0) is 20.6. The SMILES string of the molecule is CCN1C(N)c2ccc(-c3ccccc3C)nc2N(OC(=O)C(F)(F)F)C1N. The van der Waals surface area contributed by atoms with Crippen LogP contribution in [0.2, 0.25) is 0 Å². The zero-order valence-corrected chi connectivity index (χ0v) is 15.3. The van der Waals surface area contributed by atoms with Gasteiger partial charge in [0, 0.05) is 17.7 Å². The second kappa shape index (κ2) is 7.38. The minimum absolute atomic E-state index is 0.0250. The van der Waals surface area contributed by atoms with Crippen molar-refractivity contribution >= 4 is 11.8 Å². The van der Waals surface area contributed by atoms with Crippen molar-refractivity contribution in [2.24, 2.45) is 11.5 Å². The average molecular weight is 395 g/mol. The molecule has 1 aliphatic heterocycles. The lowest BCUT2D eigenvalue weighted by Gasteiger charge is -2.44. The van der Waals surface area contributed by atoms with Crippen molar-refractivity contribution in [2.75, 3.05) is 11.6 Å². The third kappa shape index (κ3) is 3.53. The van der Waals surface area contributed by atoms with Gasteiger partial charge >= 0.3 is 12.1 Å². The summed E-state index contributed by atoms with van der Waals surface area (Å²) >= 11 is 0. The molecule has 0 spiro atoms. The lowest BCUT2D eigenvalue weighted by atomic mass is 10.0. The number of rotatable bonds is 3. The van der Waals surface area contributed by atoms with E-state index in [-0.39, 0.29) is 5.82 Å². The molecule has 0 saturated heterocycles. The van der Waals surface area contributed by atoms with Gasteiger partial charge in [0.15, 0.2) is 12.1 Å². The largest absolute Gasteiger partial charge is 0.493 e. The summed E-state index contributed by atoms with van der Waals surface area (Å²) in [5, 5.41) is 0.666. The van der Waals surface area contributed by atoms with Gasteiger partial charge in [-0.15, -0.1) is 0 Å². The standard InChI is InChI=1S/C18H20F3N5O2/c1-3-25-14(22)12-8-9-13(11-7-5-4-6-10(11)2)24-15(12)26(17(25)23)28-16(27)18(19,20)21/h4-9,14,17H,3,22-23H2,1-2H3. The van der Waals surface area contributed by atoms with E-state index in [1.54, 1.807) is 19.1 Å². The van der Waals surface area contributed by atoms with Crippen molar-refractivity contribution in [1.29, 1.82) is 0 Å². The first kappa shape index (κ1) is 20.1. The highest BCUT2D eigenvalue weighted by molar-refractivity contribution is 5.77. The number of aryl methyl sites for hydroxylation is 1. The monoisotopic (exact) mass is 395 g/mol. The van der Waals surface area contributed by atoms with E-state index >= 15 is 0 Å². The number of benzene rings is 1. The molecule has 0 amide bonds. The van der Waals surface area contributed by atoms with Gasteiger partial charge in [0.05, 0.1) is 11.9 Å². The summed E-state index contributed by atoms with van der Waals surface area (Å²) in [6.45, 7) is 3.94. The zero-order valence-electron chi connectivity index (χ0n) is 15.3. The minimum atomic E-state index is -5.18. The molecule has 0 fully saturated rings. The van der Waals surface area contributed by atoms with Crippen molar-refractivity contribution in [3.63, 3.8) is 0 Å². The number of fused-ring (bicyclic) bond motifs is 1. The number of carbonyl (C=O) groups is 1. The highest BCUT2D eigenvalue weighted by Gasteiger charge is 2.46. The van der Waals surface area contributed by atoms with Crippen molar-refractivity contribution in [3.8, 4) is 11.3 Å². The van der Waals surface area contributed by atoms with Crippen molar-refractivity contribution < 1.29 is 22.8 Å². The molecule has 1 aromatic carbocycles. The highest BCUT2D eigenvalue weighted by Crippen LogP contribution is 2.36. The predicted molar refractivity (Wildman–Crippen MR) is 96.3 cm³/mol. The van der Waals surface area contributed by atoms with Gasteiger partial charge in [-0.25, -0.2) is 14.7 Å². The number of aromatic nitrogens is 1. The van der Waals surface area contributed by atoms with E-state index < -0.39 is 24.6 Å². The van der Waals surface area contributed by atoms with Gasteiger partial charge in [-0.1, -0.05) is 37.3 Å². The summed E-state index contributed by atoms with van der Waals surface area (Å²) in [6, 6.07) is 10.8. The quantitative estimate of drug-likeness (QED) is 0.824. The van der Waals surface area contributed by atoms with E-state index in [1.807, 2.05) is 31.2 Å². The number of alkyl halides is 3. The van der Waals surface area contributed by atoms with E-state index in [1.165, 1.54) is 4.90 Å². The number of nitrogens with two attached hydrogens (primary N) is 2. The number of carbonyl (C=O) groups excluding carboxylic acids is 1. The van der Waals surface area contributed by atoms with Crippen molar-refractivity contribution in [1.82, 2.24) is 9.88 Å². The smallest absolute Gasteiger partial charge is 0.328 e. The molecule has 2 aromatic rings. The van der Waals surface area contributed by atoms with Crippen LogP contribution < -0.4 is 16.5 Å². The number of nitrogens with zero attached hydrogens (tertiary/aromatic N) is 3. The van der Waals surface area contributed by atoms with Gasteiger partial charge in [-0.3, -0.25) is 5.73 Å². The predicted octanol–water partition coefficient (Wildman–Crippen LogP) is 2.42. The van der Waals surface area contributed by atoms with Crippen LogP contribution in [0.4, 0.5) is 19.0 Å². The Kier molecular flexibility index (Phi) is 5.28. The van der Waals surface area contributed by atoms with Crippen LogP contribution in [0.15, 0.2) is 36.4 Å². The maximum atomic E-state index is 12.8. The first-order valence-corrected chi connectivity index (χ1v) is 8.57. The first-order chi connectivity index (χ1) is 13.1. The van der Waals surface area contributed by atoms with E-state index in [0.29, 0.717) is 22.9 Å². The van der Waals surface area contributed by atoms with Crippen LogP contribution in [-0.2, 0) is 9.63 Å². The van der Waals surface area contributed by atoms with E-state index in [4.69, 9.17) is 11.5 Å². The van der Waals surface area contributed by atoms with Crippen LogP contribution in [0.25, 0.3) is 11.3 Å². The maximum absolute atomic E-state index is 12.8. The van der Waals surface area contributed by atoms with Gasteiger partial charge in [0.25, 0.3) is 0 Å². The molecular weight excluding hydrogens is 375 g/mol. The number of hydroxylamine groups is 1. The Balaban J connectivity index is 2.11. The summed E-state index contributed by atoms with van der Waals surface area (Å²) in [7, 11) is 0. The van der Waals surface area contributed by atoms with Gasteiger partial charge in [0.2, 0.25) is 0 Å². The van der Waals surface area contributed by atoms with Crippen LogP contribution in [0.5, 0.6) is 0 Å². The second-order valence-electron chi connectivity index (χ2n) is 6.32. The Hall–Kier alpha value is -2.69. The fraction of sp³-hybridized carbons (Fsp3) is 0.333. The Morgan fingerprint density at radius 2 is 1.89 bits per heavy atom. The molecule has 150 valence electrons. The van der Waals surface area contributed by atoms with Crippen molar-refractivity contribution in [3.05, 3.63) is 47.5 Å². The molecule has 0 aliphatic carbocycles. The minimum Gasteiger partial charge on any atom is -0.328 e. The molecule has 7 nitrogen and oxygen atoms in total. The third-order valence-corrected chi connectivity index (χ3v) is 4.57. The number of anilines is 1. The third-order valence-electron chi connectivity index (χ3n) is 4.57. The number of halogens is 3. The van der Waals surface area contributed by atoms with Crippen LogP contribution in [0, 0.1) is 6.92 Å². The molecule has 2 unspecified atom stereocenters. The van der Waals surface area contributed by atoms with Crippen LogP contribution in [0.3, 0.4) is 0 Å². The number of hydrogen-bond donors (Lipinski definition) is 2. The lowest BCUT2D eigenvalue weighted by Crippen LogP contribution is -2.61. The summed E-state index contributed by atoms with van der Waals surface area (Å²) in [6.07, 6.45) is -7.11. The highest BCUT2D eigenvalue weighted by atomic mass is 19.4. The topological polar surface area (TPSA) is 97.7 Å². The van der Waals surface area contributed by atoms with E-state index in [0.717, 1.165) is 11.1 Å². The van der Waals surface area contributed by atoms with Crippen LogP contribution >= 0.6 is 0 Å². The molecule has 0 bridgehead atoms. The van der Waals surface area contributed by atoms with E-state index in [9.17, 15) is 18.0 Å². The van der Waals surface area contributed by atoms with Crippen molar-refractivity contribution in [2.45, 2.75) is 32.5 Å². The first-order valence-electron chi connectivity index (χ1n) is 8.57. The van der Waals surface area contributed by atoms with Crippen LogP contribution in [-0.4, -0.2) is 34.9 Å². The second-order valence-corrected chi connectivity index (χ2v) is 6.32. The van der Waals surface area contributed by atoms with Gasteiger partial charge < -0.3 is 10.6 Å². The summed E-state index contributed by atoms with van der Waals surface area (Å²) < 4.78 is 38.3. The van der Waals surface area contributed by atoms with Gasteiger partial charge in [-0.05, 0) is 18.6 Å². The van der Waals surface area contributed by atoms with E-state index in [2.05, 4.69) is 9.82 Å². The number of hydrogen-bond acceptors (Lipinski definition) is 7. The fourth-order valence-electron chi connectivity index (χ4n) is 3.10. The van der Waals surface area contributed by atoms with Gasteiger partial charge in [-0.2, -0.15) is 18.2 Å². The molecule has 10 heteroatoms. The lowest BCUT2D eigenvalue weighted by molar-refractivity contribution is -0.204. The molecular formula is C18H20F3N5O2. The molecule has 0 radical (unpaired) electrons. The summed E-state index contributed by atoms with van der Waals surface area (Å²) in [5.74, 6) is -2.41. The molecule has 2 heterocycles. The molecule has 4 N–H and O–H groups in total. The maximum Gasteiger partial charge on any atom is 0.493 e. The summed E-state index contributed by atoms with van der Waals surface area (Å²) in [5.41, 5.74) is 14.8. The average Bonchev–Trinajstić information content (AvgIpc) is 2.64. The normalized spacial score (nSPS) is 20.0. The molecule has 2 atom stereocenters. The molecule has 1 aliphatic rings. The Labute approximate surface area is 159 Å². The number of pyridine rings is 1. The molecule has 28 heavy (non-hydrogen) atoms. The Bertz CT molecular complexity index is 890. The fourth-order valence-corrected chi connectivity index (χ4v) is 3.10. The molecule has 3 rings (SSSR count).